The molecular formula is C18H18N2O2. The number of primary amides is 1. The number of nitrogens with one attached hydrogen (secondary N) is 1. The average Bonchev–Trinajstić information content (AvgIpc) is 2.54. The van der Waals surface area contributed by atoms with Crippen molar-refractivity contribution in [1.29, 1.82) is 0 Å². The van der Waals surface area contributed by atoms with Gasteiger partial charge in [-0.2, -0.15) is 0 Å². The van der Waals surface area contributed by atoms with Gasteiger partial charge in [0.15, 0.2) is 5.78 Å². The Bertz CT molecular complexity index is 697. The van der Waals surface area contributed by atoms with E-state index in [1.165, 1.54) is 0 Å². The summed E-state index contributed by atoms with van der Waals surface area (Å²) in [5.74, 6) is -0.378. The lowest BCUT2D eigenvalue weighted by molar-refractivity contribution is -0.123. The average molecular weight is 294 g/mol. The van der Waals surface area contributed by atoms with Crippen LogP contribution in [0.3, 0.4) is 0 Å². The molecule has 1 amide bonds. The number of carbonyl (C=O) groups excluding carboxylic acids is 2. The van der Waals surface area contributed by atoms with Gasteiger partial charge in [-0.05, 0) is 23.1 Å². The zero-order valence-electron chi connectivity index (χ0n) is 12.2. The Morgan fingerprint density at radius 3 is 2.45 bits per heavy atom. The molecule has 0 saturated heterocycles. The van der Waals surface area contributed by atoms with Gasteiger partial charge in [-0.25, -0.2) is 0 Å². The highest BCUT2D eigenvalue weighted by atomic mass is 16.1. The lowest BCUT2D eigenvalue weighted by Crippen LogP contribution is -2.50. The van der Waals surface area contributed by atoms with Gasteiger partial charge in [0, 0.05) is 6.42 Å². The summed E-state index contributed by atoms with van der Waals surface area (Å²) in [4.78, 5) is 24.2. The van der Waals surface area contributed by atoms with Gasteiger partial charge in [-0.1, -0.05) is 54.6 Å². The fourth-order valence-electron chi connectivity index (χ4n) is 2.92. The number of Topliss-reactive ketones (excluding diaryl/α,β-unsaturated/α-hetero) is 1. The predicted molar refractivity (Wildman–Crippen MR) is 84.2 cm³/mol. The maximum Gasteiger partial charge on any atom is 0.234 e. The largest absolute Gasteiger partial charge is 0.368 e. The molecule has 2 atom stereocenters. The Hall–Kier alpha value is -2.46. The number of fused-ring (bicyclic) bond motifs is 1. The van der Waals surface area contributed by atoms with Crippen LogP contribution in [0.2, 0.25) is 0 Å². The van der Waals surface area contributed by atoms with Crippen molar-refractivity contribution < 1.29 is 9.59 Å². The van der Waals surface area contributed by atoms with Gasteiger partial charge in [0.1, 0.15) is 0 Å². The van der Waals surface area contributed by atoms with Gasteiger partial charge in [0.05, 0.1) is 12.1 Å². The van der Waals surface area contributed by atoms with Crippen LogP contribution in [0, 0.1) is 0 Å². The number of ketones is 1. The molecule has 2 unspecified atom stereocenters. The fraction of sp³-hybridized carbons (Fsp3) is 0.222. The first-order valence-electron chi connectivity index (χ1n) is 7.35. The molecule has 4 heteroatoms. The Balaban J connectivity index is 1.88. The number of carbonyl (C=O) groups is 2. The third-order valence-electron chi connectivity index (χ3n) is 4.04. The molecule has 0 radical (unpaired) electrons. The van der Waals surface area contributed by atoms with E-state index in [-0.39, 0.29) is 5.78 Å². The summed E-state index contributed by atoms with van der Waals surface area (Å²) in [5.41, 5.74) is 8.35. The molecule has 0 fully saturated rings. The van der Waals surface area contributed by atoms with Gasteiger partial charge < -0.3 is 5.73 Å². The normalized spacial score (nSPS) is 20.2. The molecule has 4 nitrogen and oxygen atoms in total. The Morgan fingerprint density at radius 1 is 1.05 bits per heavy atom. The van der Waals surface area contributed by atoms with Crippen molar-refractivity contribution in [3.8, 4) is 0 Å². The van der Waals surface area contributed by atoms with E-state index in [9.17, 15) is 9.59 Å². The summed E-state index contributed by atoms with van der Waals surface area (Å²) < 4.78 is 0. The van der Waals surface area contributed by atoms with Crippen molar-refractivity contribution >= 4 is 11.7 Å². The maximum absolute atomic E-state index is 12.7. The molecule has 1 heterocycles. The molecule has 1 aliphatic rings. The van der Waals surface area contributed by atoms with Crippen LogP contribution in [-0.4, -0.2) is 17.7 Å². The van der Waals surface area contributed by atoms with Crippen LogP contribution in [0.25, 0.3) is 0 Å². The van der Waals surface area contributed by atoms with Gasteiger partial charge in [0.2, 0.25) is 5.91 Å². The molecule has 0 aromatic heterocycles. The SMILES string of the molecule is NC(=O)C1Cc2ccccc2C(C(=O)Cc2ccccc2)N1. The van der Waals surface area contributed by atoms with Crippen molar-refractivity contribution in [1.82, 2.24) is 5.32 Å². The quantitative estimate of drug-likeness (QED) is 0.898. The van der Waals surface area contributed by atoms with Gasteiger partial charge >= 0.3 is 0 Å². The molecule has 3 rings (SSSR count). The second-order valence-corrected chi connectivity index (χ2v) is 5.59. The molecule has 0 aliphatic carbocycles. The lowest BCUT2D eigenvalue weighted by atomic mass is 9.86. The molecule has 2 aromatic rings. The summed E-state index contributed by atoms with van der Waals surface area (Å²) in [7, 11) is 0. The molecule has 0 spiro atoms. The van der Waals surface area contributed by atoms with Crippen LogP contribution >= 0.6 is 0 Å². The van der Waals surface area contributed by atoms with E-state index in [4.69, 9.17) is 5.73 Å². The highest BCUT2D eigenvalue weighted by Gasteiger charge is 2.32. The van der Waals surface area contributed by atoms with Crippen molar-refractivity contribution in [2.45, 2.75) is 24.9 Å². The smallest absolute Gasteiger partial charge is 0.234 e. The fourth-order valence-corrected chi connectivity index (χ4v) is 2.92. The minimum Gasteiger partial charge on any atom is -0.368 e. The second-order valence-electron chi connectivity index (χ2n) is 5.59. The summed E-state index contributed by atoms with van der Waals surface area (Å²) >= 11 is 0. The third-order valence-corrected chi connectivity index (χ3v) is 4.04. The molecular weight excluding hydrogens is 276 g/mol. The molecule has 2 aromatic carbocycles. The number of rotatable bonds is 4. The Labute approximate surface area is 129 Å². The zero-order chi connectivity index (χ0) is 15.5. The lowest BCUT2D eigenvalue weighted by Gasteiger charge is -2.30. The van der Waals surface area contributed by atoms with Crippen LogP contribution in [0.5, 0.6) is 0 Å². The topological polar surface area (TPSA) is 72.2 Å². The second kappa shape index (κ2) is 6.12. The highest BCUT2D eigenvalue weighted by Crippen LogP contribution is 2.27. The minimum absolute atomic E-state index is 0.0459. The third kappa shape index (κ3) is 2.92. The van der Waals surface area contributed by atoms with Crippen molar-refractivity contribution in [2.75, 3.05) is 0 Å². The molecule has 112 valence electrons. The number of hydrogen-bond donors (Lipinski definition) is 2. The maximum atomic E-state index is 12.7. The first kappa shape index (κ1) is 14.5. The van der Waals surface area contributed by atoms with Crippen LogP contribution in [0.1, 0.15) is 22.7 Å². The van der Waals surface area contributed by atoms with Crippen LogP contribution in [-0.2, 0) is 22.4 Å². The van der Waals surface area contributed by atoms with E-state index < -0.39 is 18.0 Å². The molecule has 1 aliphatic heterocycles. The Kier molecular flexibility index (Phi) is 4.02. The molecule has 0 bridgehead atoms. The van der Waals surface area contributed by atoms with Crippen LogP contribution in [0.15, 0.2) is 54.6 Å². The first-order chi connectivity index (χ1) is 10.6. The van der Waals surface area contributed by atoms with Crippen molar-refractivity contribution in [3.63, 3.8) is 0 Å². The summed E-state index contributed by atoms with van der Waals surface area (Å²) in [6.07, 6.45) is 0.860. The number of benzene rings is 2. The molecule has 3 N–H and O–H groups in total. The van der Waals surface area contributed by atoms with E-state index in [0.717, 1.165) is 16.7 Å². The van der Waals surface area contributed by atoms with Gasteiger partial charge in [-0.3, -0.25) is 14.9 Å². The molecule has 22 heavy (non-hydrogen) atoms. The minimum atomic E-state index is -0.500. The molecule has 0 saturated carbocycles. The van der Waals surface area contributed by atoms with E-state index in [1.54, 1.807) is 0 Å². The van der Waals surface area contributed by atoms with E-state index in [2.05, 4.69) is 5.32 Å². The number of amides is 1. The highest BCUT2D eigenvalue weighted by molar-refractivity contribution is 5.90. The Morgan fingerprint density at radius 2 is 1.73 bits per heavy atom. The number of nitrogens with two attached hydrogens (primary N) is 1. The monoisotopic (exact) mass is 294 g/mol. The van der Waals surface area contributed by atoms with Crippen molar-refractivity contribution in [3.05, 3.63) is 71.3 Å². The first-order valence-corrected chi connectivity index (χ1v) is 7.35. The standard InChI is InChI=1S/C18H18N2O2/c19-18(22)15-11-13-8-4-5-9-14(13)17(20-15)16(21)10-12-6-2-1-3-7-12/h1-9,15,17,20H,10-11H2,(H2,19,22). The van der Waals surface area contributed by atoms with Crippen LogP contribution < -0.4 is 11.1 Å². The van der Waals surface area contributed by atoms with Gasteiger partial charge in [0.25, 0.3) is 0 Å². The van der Waals surface area contributed by atoms with E-state index in [1.807, 2.05) is 54.6 Å². The summed E-state index contributed by atoms with van der Waals surface area (Å²) in [6.45, 7) is 0. The van der Waals surface area contributed by atoms with Gasteiger partial charge in [-0.15, -0.1) is 0 Å². The summed E-state index contributed by atoms with van der Waals surface area (Å²) in [6, 6.07) is 16.3. The predicted octanol–water partition coefficient (Wildman–Crippen LogP) is 1.54. The zero-order valence-corrected chi connectivity index (χ0v) is 12.2. The van der Waals surface area contributed by atoms with Crippen molar-refractivity contribution in [2.24, 2.45) is 5.73 Å². The van der Waals surface area contributed by atoms with E-state index in [0.29, 0.717) is 12.8 Å². The summed E-state index contributed by atoms with van der Waals surface area (Å²) in [5, 5.41) is 3.11. The van der Waals surface area contributed by atoms with E-state index >= 15 is 0 Å². The number of hydrogen-bond acceptors (Lipinski definition) is 3. The van der Waals surface area contributed by atoms with Crippen LogP contribution in [0.4, 0.5) is 0 Å².